The lowest BCUT2D eigenvalue weighted by Crippen LogP contribution is -2.46. The Bertz CT molecular complexity index is 666. The van der Waals surface area contributed by atoms with Crippen LogP contribution >= 0.6 is 0 Å². The van der Waals surface area contributed by atoms with Crippen LogP contribution in [0.1, 0.15) is 25.7 Å². The number of likely N-dealkylation sites (tertiary alicyclic amines) is 1. The Balaban J connectivity index is 1.29. The van der Waals surface area contributed by atoms with Gasteiger partial charge in [0.15, 0.2) is 11.5 Å². The van der Waals surface area contributed by atoms with Crippen molar-refractivity contribution in [2.75, 3.05) is 31.6 Å². The predicted octanol–water partition coefficient (Wildman–Crippen LogP) is 1.98. The van der Waals surface area contributed by atoms with E-state index in [0.717, 1.165) is 12.8 Å². The third-order valence-corrected chi connectivity index (χ3v) is 4.87. The molecule has 0 spiro atoms. The molecule has 0 unspecified atom stereocenters. The summed E-state index contributed by atoms with van der Waals surface area (Å²) in [5.74, 6) is 1.30. The van der Waals surface area contributed by atoms with Gasteiger partial charge < -0.3 is 25.0 Å². The molecule has 1 saturated carbocycles. The molecule has 2 N–H and O–H groups in total. The number of hydrogen-bond donors (Lipinski definition) is 2. The van der Waals surface area contributed by atoms with Crippen LogP contribution in [0.2, 0.25) is 0 Å². The minimum Gasteiger partial charge on any atom is -0.486 e. The SMILES string of the molecule is O=C(Nc1ccc2c(c1)OCCO2)C1CCN(C(=O)NC2CC2)CC1. The van der Waals surface area contributed by atoms with E-state index in [1.165, 1.54) is 0 Å². The first kappa shape index (κ1) is 16.1. The molecule has 25 heavy (non-hydrogen) atoms. The van der Waals surface area contributed by atoms with Crippen molar-refractivity contribution in [3.8, 4) is 11.5 Å². The predicted molar refractivity (Wildman–Crippen MR) is 91.9 cm³/mol. The molecule has 1 aromatic carbocycles. The number of carbonyl (C=O) groups is 2. The van der Waals surface area contributed by atoms with E-state index in [1.54, 1.807) is 6.07 Å². The van der Waals surface area contributed by atoms with Crippen molar-refractivity contribution in [1.29, 1.82) is 0 Å². The van der Waals surface area contributed by atoms with Gasteiger partial charge in [-0.05, 0) is 37.8 Å². The number of rotatable bonds is 3. The van der Waals surface area contributed by atoms with E-state index in [1.807, 2.05) is 17.0 Å². The topological polar surface area (TPSA) is 79.9 Å². The molecule has 0 atom stereocenters. The molecule has 1 aromatic rings. The maximum Gasteiger partial charge on any atom is 0.317 e. The Morgan fingerprint density at radius 2 is 1.72 bits per heavy atom. The highest BCUT2D eigenvalue weighted by molar-refractivity contribution is 5.93. The molecule has 4 rings (SSSR count). The van der Waals surface area contributed by atoms with Gasteiger partial charge >= 0.3 is 6.03 Å². The number of fused-ring (bicyclic) bond motifs is 1. The molecule has 7 nitrogen and oxygen atoms in total. The summed E-state index contributed by atoms with van der Waals surface area (Å²) in [6, 6.07) is 5.81. The fourth-order valence-electron chi connectivity index (χ4n) is 3.20. The Morgan fingerprint density at radius 3 is 2.44 bits per heavy atom. The lowest BCUT2D eigenvalue weighted by Gasteiger charge is -2.31. The van der Waals surface area contributed by atoms with E-state index in [-0.39, 0.29) is 17.9 Å². The molecule has 1 aliphatic carbocycles. The number of urea groups is 1. The molecular formula is C18H23N3O4. The second-order valence-corrected chi connectivity index (χ2v) is 6.83. The molecule has 0 radical (unpaired) electrons. The van der Waals surface area contributed by atoms with E-state index in [4.69, 9.17) is 9.47 Å². The van der Waals surface area contributed by atoms with Crippen LogP contribution in [-0.4, -0.2) is 49.2 Å². The van der Waals surface area contributed by atoms with Crippen LogP contribution in [0.15, 0.2) is 18.2 Å². The highest BCUT2D eigenvalue weighted by Gasteiger charge is 2.30. The highest BCUT2D eigenvalue weighted by atomic mass is 16.6. The number of nitrogens with zero attached hydrogens (tertiary/aromatic N) is 1. The van der Waals surface area contributed by atoms with Crippen LogP contribution in [-0.2, 0) is 4.79 Å². The van der Waals surface area contributed by atoms with Crippen LogP contribution in [0.25, 0.3) is 0 Å². The second kappa shape index (κ2) is 6.82. The van der Waals surface area contributed by atoms with Crippen LogP contribution < -0.4 is 20.1 Å². The summed E-state index contributed by atoms with van der Waals surface area (Å²) in [6.45, 7) is 2.31. The average molecular weight is 345 g/mol. The van der Waals surface area contributed by atoms with Crippen molar-refractivity contribution < 1.29 is 19.1 Å². The van der Waals surface area contributed by atoms with Gasteiger partial charge in [-0.1, -0.05) is 0 Å². The number of anilines is 1. The first-order valence-electron chi connectivity index (χ1n) is 8.95. The van der Waals surface area contributed by atoms with Crippen molar-refractivity contribution in [3.63, 3.8) is 0 Å². The Labute approximate surface area is 146 Å². The van der Waals surface area contributed by atoms with Gasteiger partial charge in [0.1, 0.15) is 13.2 Å². The standard InChI is InChI=1S/C18H23N3O4/c22-17(19-14-3-4-15-16(11-14)25-10-9-24-15)12-5-7-21(8-6-12)18(23)20-13-1-2-13/h3-4,11-13H,1-2,5-10H2,(H,19,22)(H,20,23). The van der Waals surface area contributed by atoms with Crippen LogP contribution in [0.5, 0.6) is 11.5 Å². The largest absolute Gasteiger partial charge is 0.486 e. The van der Waals surface area contributed by atoms with E-state index in [2.05, 4.69) is 10.6 Å². The fraction of sp³-hybridized carbons (Fsp3) is 0.556. The molecule has 3 aliphatic rings. The summed E-state index contributed by atoms with van der Waals surface area (Å²) in [7, 11) is 0. The van der Waals surface area contributed by atoms with Gasteiger partial charge in [0.25, 0.3) is 0 Å². The van der Waals surface area contributed by atoms with Crippen molar-refractivity contribution in [2.45, 2.75) is 31.7 Å². The number of carbonyl (C=O) groups excluding carboxylic acids is 2. The molecule has 7 heteroatoms. The third kappa shape index (κ3) is 3.81. The molecule has 1 saturated heterocycles. The maximum absolute atomic E-state index is 12.5. The van der Waals surface area contributed by atoms with Gasteiger partial charge in [0, 0.05) is 36.8 Å². The third-order valence-electron chi connectivity index (χ3n) is 4.87. The highest BCUT2D eigenvalue weighted by Crippen LogP contribution is 2.33. The fourth-order valence-corrected chi connectivity index (χ4v) is 3.20. The van der Waals surface area contributed by atoms with E-state index >= 15 is 0 Å². The molecule has 2 aliphatic heterocycles. The lowest BCUT2D eigenvalue weighted by molar-refractivity contribution is -0.121. The lowest BCUT2D eigenvalue weighted by atomic mass is 9.96. The van der Waals surface area contributed by atoms with Gasteiger partial charge in [-0.15, -0.1) is 0 Å². The Kier molecular flexibility index (Phi) is 4.38. The maximum atomic E-state index is 12.5. The molecule has 0 aromatic heterocycles. The van der Waals surface area contributed by atoms with Gasteiger partial charge in [0.05, 0.1) is 0 Å². The average Bonchev–Trinajstić information content (AvgIpc) is 3.45. The summed E-state index contributed by atoms with van der Waals surface area (Å²) >= 11 is 0. The molecular weight excluding hydrogens is 322 g/mol. The van der Waals surface area contributed by atoms with E-state index < -0.39 is 0 Å². The van der Waals surface area contributed by atoms with Crippen LogP contribution in [0, 0.1) is 5.92 Å². The number of nitrogens with one attached hydrogen (secondary N) is 2. The van der Waals surface area contributed by atoms with Crippen LogP contribution in [0.4, 0.5) is 10.5 Å². The summed E-state index contributed by atoms with van der Waals surface area (Å²) < 4.78 is 11.0. The summed E-state index contributed by atoms with van der Waals surface area (Å²) in [6.07, 6.45) is 3.54. The summed E-state index contributed by atoms with van der Waals surface area (Å²) in [5.41, 5.74) is 0.711. The minimum atomic E-state index is -0.0711. The minimum absolute atomic E-state index is 0.000992. The van der Waals surface area contributed by atoms with E-state index in [0.29, 0.717) is 62.4 Å². The zero-order chi connectivity index (χ0) is 17.2. The summed E-state index contributed by atoms with van der Waals surface area (Å²) in [4.78, 5) is 26.4. The summed E-state index contributed by atoms with van der Waals surface area (Å²) in [5, 5.41) is 5.95. The first-order chi connectivity index (χ1) is 12.2. The normalized spacial score (nSPS) is 20.1. The van der Waals surface area contributed by atoms with Crippen molar-refractivity contribution >= 4 is 17.6 Å². The zero-order valence-corrected chi connectivity index (χ0v) is 14.1. The number of benzene rings is 1. The van der Waals surface area contributed by atoms with Gasteiger partial charge in [-0.2, -0.15) is 0 Å². The van der Waals surface area contributed by atoms with Gasteiger partial charge in [-0.3, -0.25) is 4.79 Å². The zero-order valence-electron chi connectivity index (χ0n) is 14.1. The molecule has 0 bridgehead atoms. The number of hydrogen-bond acceptors (Lipinski definition) is 4. The molecule has 2 fully saturated rings. The smallest absolute Gasteiger partial charge is 0.317 e. The van der Waals surface area contributed by atoms with Crippen molar-refractivity contribution in [3.05, 3.63) is 18.2 Å². The number of amides is 3. The van der Waals surface area contributed by atoms with Crippen molar-refractivity contribution in [2.24, 2.45) is 5.92 Å². The number of piperidine rings is 1. The van der Waals surface area contributed by atoms with E-state index in [9.17, 15) is 9.59 Å². The molecule has 3 amide bonds. The first-order valence-corrected chi connectivity index (χ1v) is 8.95. The molecule has 2 heterocycles. The Hall–Kier alpha value is -2.44. The monoisotopic (exact) mass is 345 g/mol. The Morgan fingerprint density at radius 1 is 1.00 bits per heavy atom. The quantitative estimate of drug-likeness (QED) is 0.878. The van der Waals surface area contributed by atoms with Crippen molar-refractivity contribution in [1.82, 2.24) is 10.2 Å². The second-order valence-electron chi connectivity index (χ2n) is 6.83. The molecule has 134 valence electrons. The number of ether oxygens (including phenoxy) is 2. The van der Waals surface area contributed by atoms with Gasteiger partial charge in [0.2, 0.25) is 5.91 Å². The van der Waals surface area contributed by atoms with Gasteiger partial charge in [-0.25, -0.2) is 4.79 Å². The van der Waals surface area contributed by atoms with Crippen LogP contribution in [0.3, 0.4) is 0 Å².